The van der Waals surface area contributed by atoms with Crippen LogP contribution in [0.15, 0.2) is 101 Å². The van der Waals surface area contributed by atoms with Crippen molar-refractivity contribution < 1.29 is 14.3 Å². The zero-order chi connectivity index (χ0) is 38.8. The van der Waals surface area contributed by atoms with Gasteiger partial charge in [0, 0.05) is 47.8 Å². The van der Waals surface area contributed by atoms with Crippen molar-refractivity contribution in [1.29, 1.82) is 5.26 Å². The molecule has 56 heavy (non-hydrogen) atoms. The van der Waals surface area contributed by atoms with Crippen LogP contribution in [0.4, 0.5) is 5.69 Å². The van der Waals surface area contributed by atoms with Crippen LogP contribution in [-0.2, 0) is 16.1 Å². The van der Waals surface area contributed by atoms with Crippen molar-refractivity contribution in [3.05, 3.63) is 129 Å². The Hall–Kier alpha value is -7.01. The Bertz CT molecular complexity index is 2640. The number of aryl methyl sites for hydroxylation is 1. The number of imide groups is 1. The number of hydrogen-bond acceptors (Lipinski definition) is 11. The molecule has 3 aromatic carbocycles. The molecule has 1 unspecified atom stereocenters. The number of nitrogens with one attached hydrogen (secondary N) is 1. The lowest BCUT2D eigenvalue weighted by Gasteiger charge is -2.33. The number of hydrogen-bond donors (Lipinski definition) is 1. The van der Waals surface area contributed by atoms with Gasteiger partial charge in [0.15, 0.2) is 11.6 Å². The maximum absolute atomic E-state index is 13.3. The fourth-order valence-corrected chi connectivity index (χ4v) is 7.28. The van der Waals surface area contributed by atoms with Gasteiger partial charge in [-0.1, -0.05) is 30.3 Å². The molecule has 0 saturated carbocycles. The lowest BCUT2D eigenvalue weighted by atomic mass is 9.97. The highest BCUT2D eigenvalue weighted by Crippen LogP contribution is 2.28. The average molecular weight is 748 g/mol. The number of fused-ring (bicyclic) bond motifs is 1. The van der Waals surface area contributed by atoms with Crippen molar-refractivity contribution in [2.45, 2.75) is 45.2 Å². The summed E-state index contributed by atoms with van der Waals surface area (Å²) in [5, 5.41) is 21.8. The molecule has 2 fully saturated rings. The molecule has 5 heterocycles. The summed E-state index contributed by atoms with van der Waals surface area (Å²) in [5.74, 6) is 0.624. The number of carbonyl (C=O) groups excluding carboxylic acids is 2. The molecule has 14 heteroatoms. The molecule has 14 nitrogen and oxygen atoms in total. The second kappa shape index (κ2) is 15.4. The van der Waals surface area contributed by atoms with Gasteiger partial charge in [0.1, 0.15) is 6.04 Å². The van der Waals surface area contributed by atoms with E-state index in [0.717, 1.165) is 53.7 Å². The predicted molar refractivity (Wildman–Crippen MR) is 208 cm³/mol. The molecule has 2 amide bonds. The molecule has 1 N–H and O–H groups in total. The molecular formula is C42H37N9O5. The standard InChI is InChI=1S/C42H37N9O5/c1-26-35-20-32(8-9-34(35)42(55)51(47-26)37-11-12-38(52)46-41(37)54)49-16-14-27(15-17-49)25-56-33-22-44-40(45-23-33)31-7-3-5-29(19-31)24-50-39(53)13-10-36(48-50)30-6-2-4-28(18-30)21-43/h2-10,13,18-20,22-23,27,37H,11-12,14-17,24-25H2,1H3,(H,46,52,54). The highest BCUT2D eigenvalue weighted by atomic mass is 16.5. The number of aromatic nitrogens is 6. The van der Waals surface area contributed by atoms with Crippen LogP contribution in [0.1, 0.15) is 48.5 Å². The summed E-state index contributed by atoms with van der Waals surface area (Å²) in [4.78, 5) is 61.5. The van der Waals surface area contributed by atoms with E-state index in [1.165, 1.54) is 15.4 Å². The van der Waals surface area contributed by atoms with Gasteiger partial charge >= 0.3 is 0 Å². The van der Waals surface area contributed by atoms with Gasteiger partial charge in [-0.2, -0.15) is 15.5 Å². The Morgan fingerprint density at radius 3 is 2.43 bits per heavy atom. The van der Waals surface area contributed by atoms with E-state index in [0.29, 0.717) is 46.4 Å². The minimum absolute atomic E-state index is 0.169. The Kier molecular flexibility index (Phi) is 9.89. The second-order valence-electron chi connectivity index (χ2n) is 14.1. The van der Waals surface area contributed by atoms with Crippen LogP contribution in [0, 0.1) is 24.2 Å². The van der Waals surface area contributed by atoms with E-state index in [1.807, 2.05) is 49.4 Å². The molecule has 1 atom stereocenters. The molecule has 0 aliphatic carbocycles. The first-order chi connectivity index (χ1) is 27.2. The number of amides is 2. The first kappa shape index (κ1) is 36.0. The van der Waals surface area contributed by atoms with Gasteiger partial charge in [-0.3, -0.25) is 24.5 Å². The molecule has 2 aliphatic heterocycles. The van der Waals surface area contributed by atoms with Crippen molar-refractivity contribution in [3.8, 4) is 34.5 Å². The third kappa shape index (κ3) is 7.52. The van der Waals surface area contributed by atoms with Crippen LogP contribution in [0.2, 0.25) is 0 Å². The third-order valence-corrected chi connectivity index (χ3v) is 10.4. The quantitative estimate of drug-likeness (QED) is 0.205. The first-order valence-corrected chi connectivity index (χ1v) is 18.5. The maximum atomic E-state index is 13.3. The number of rotatable bonds is 9. The molecule has 8 rings (SSSR count). The Morgan fingerprint density at radius 2 is 1.64 bits per heavy atom. The Morgan fingerprint density at radius 1 is 0.857 bits per heavy atom. The summed E-state index contributed by atoms with van der Waals surface area (Å²) in [6, 6.07) is 25.0. The van der Waals surface area contributed by atoms with Gasteiger partial charge in [0.2, 0.25) is 5.91 Å². The van der Waals surface area contributed by atoms with Crippen LogP contribution in [0.5, 0.6) is 5.75 Å². The summed E-state index contributed by atoms with van der Waals surface area (Å²) in [6.07, 6.45) is 5.61. The van der Waals surface area contributed by atoms with E-state index in [1.54, 1.807) is 42.7 Å². The fraction of sp³-hybridized carbons (Fsp3) is 0.262. The monoisotopic (exact) mass is 747 g/mol. The van der Waals surface area contributed by atoms with Gasteiger partial charge in [0.05, 0.1) is 54.0 Å². The molecule has 6 aromatic rings. The number of ether oxygens (including phenoxy) is 1. The summed E-state index contributed by atoms with van der Waals surface area (Å²) in [7, 11) is 0. The van der Waals surface area contributed by atoms with Crippen LogP contribution >= 0.6 is 0 Å². The van der Waals surface area contributed by atoms with Crippen LogP contribution in [0.25, 0.3) is 33.4 Å². The van der Waals surface area contributed by atoms with Crippen molar-refractivity contribution >= 4 is 28.3 Å². The second-order valence-corrected chi connectivity index (χ2v) is 14.1. The number of anilines is 1. The topological polar surface area (TPSA) is 178 Å². The average Bonchev–Trinajstić information content (AvgIpc) is 3.23. The van der Waals surface area contributed by atoms with E-state index < -0.39 is 11.9 Å². The molecule has 0 spiro atoms. The minimum atomic E-state index is -0.804. The fourth-order valence-electron chi connectivity index (χ4n) is 7.28. The zero-order valence-corrected chi connectivity index (χ0v) is 30.6. The smallest absolute Gasteiger partial charge is 0.275 e. The van der Waals surface area contributed by atoms with Crippen molar-refractivity contribution in [2.24, 2.45) is 5.92 Å². The van der Waals surface area contributed by atoms with Crippen molar-refractivity contribution in [1.82, 2.24) is 34.8 Å². The lowest BCUT2D eigenvalue weighted by molar-refractivity contribution is -0.136. The first-order valence-electron chi connectivity index (χ1n) is 18.5. The number of nitrogens with zero attached hydrogens (tertiary/aromatic N) is 8. The number of piperidine rings is 2. The van der Waals surface area contributed by atoms with Gasteiger partial charge in [-0.25, -0.2) is 19.3 Å². The number of carbonyl (C=O) groups is 2. The normalized spacial score (nSPS) is 16.1. The molecule has 2 aliphatic rings. The summed E-state index contributed by atoms with van der Waals surface area (Å²) >= 11 is 0. The third-order valence-electron chi connectivity index (χ3n) is 10.4. The summed E-state index contributed by atoms with van der Waals surface area (Å²) in [5.41, 5.74) is 4.61. The van der Waals surface area contributed by atoms with Crippen LogP contribution in [0.3, 0.4) is 0 Å². The van der Waals surface area contributed by atoms with Crippen LogP contribution in [-0.4, -0.2) is 61.0 Å². The van der Waals surface area contributed by atoms with Gasteiger partial charge in [0.25, 0.3) is 17.0 Å². The summed E-state index contributed by atoms with van der Waals surface area (Å²) in [6.45, 7) is 4.27. The molecule has 3 aromatic heterocycles. The summed E-state index contributed by atoms with van der Waals surface area (Å²) < 4.78 is 8.73. The van der Waals surface area contributed by atoms with Crippen molar-refractivity contribution in [3.63, 3.8) is 0 Å². The molecule has 0 radical (unpaired) electrons. The lowest BCUT2D eigenvalue weighted by Crippen LogP contribution is -2.45. The Labute approximate surface area is 321 Å². The number of benzene rings is 3. The zero-order valence-electron chi connectivity index (χ0n) is 30.6. The van der Waals surface area contributed by atoms with E-state index in [4.69, 9.17) is 4.74 Å². The maximum Gasteiger partial charge on any atom is 0.275 e. The van der Waals surface area contributed by atoms with Crippen molar-refractivity contribution in [2.75, 3.05) is 24.6 Å². The largest absolute Gasteiger partial charge is 0.490 e. The van der Waals surface area contributed by atoms with E-state index in [9.17, 15) is 24.4 Å². The minimum Gasteiger partial charge on any atom is -0.490 e. The predicted octanol–water partition coefficient (Wildman–Crippen LogP) is 4.58. The van der Waals surface area contributed by atoms with Gasteiger partial charge in [-0.15, -0.1) is 0 Å². The van der Waals surface area contributed by atoms with Crippen LogP contribution < -0.4 is 26.1 Å². The highest BCUT2D eigenvalue weighted by Gasteiger charge is 2.30. The highest BCUT2D eigenvalue weighted by molar-refractivity contribution is 5.99. The van der Waals surface area contributed by atoms with E-state index in [2.05, 4.69) is 36.5 Å². The van der Waals surface area contributed by atoms with E-state index in [-0.39, 0.29) is 36.4 Å². The van der Waals surface area contributed by atoms with E-state index >= 15 is 0 Å². The number of nitriles is 1. The van der Waals surface area contributed by atoms with Gasteiger partial charge in [-0.05, 0) is 80.1 Å². The molecule has 2 saturated heterocycles. The SMILES string of the molecule is Cc1nn(C2CCC(=O)NC2=O)c(=O)c2ccc(N3CCC(COc4cnc(-c5cccc(Cn6nc(-c7cccc(C#N)c7)ccc6=O)c5)nc4)CC3)cc12. The molecular weight excluding hydrogens is 711 g/mol. The molecule has 280 valence electrons. The van der Waals surface area contributed by atoms with Gasteiger partial charge < -0.3 is 9.64 Å². The Balaban J connectivity index is 0.866. The molecule has 0 bridgehead atoms.